The van der Waals surface area contributed by atoms with Gasteiger partial charge < -0.3 is 0 Å². The molecule has 2 aromatic carbocycles. The van der Waals surface area contributed by atoms with E-state index in [9.17, 15) is 0 Å². The van der Waals surface area contributed by atoms with Gasteiger partial charge in [0, 0.05) is 6.16 Å². The van der Waals surface area contributed by atoms with E-state index >= 15 is 0 Å². The summed E-state index contributed by atoms with van der Waals surface area (Å²) >= 11 is 0. The summed E-state index contributed by atoms with van der Waals surface area (Å²) in [6.45, 7) is 2.27. The molecule has 106 valence electrons. The van der Waals surface area contributed by atoms with Crippen LogP contribution in [0.1, 0.15) is 48.6 Å². The van der Waals surface area contributed by atoms with Crippen LogP contribution in [0.4, 0.5) is 0 Å². The smallest absolute Gasteiger partial charge is 0.0622 e. The minimum absolute atomic E-state index is 0.587. The Kier molecular flexibility index (Phi) is 4.50. The number of rotatable bonds is 4. The lowest BCUT2D eigenvalue weighted by atomic mass is 10.0. The normalized spacial score (nSPS) is 28.6. The summed E-state index contributed by atoms with van der Waals surface area (Å²) in [6, 6.07) is 21.9. The van der Waals surface area contributed by atoms with Crippen molar-refractivity contribution >= 4 is 14.7 Å². The van der Waals surface area contributed by atoms with Gasteiger partial charge in [0.15, 0.2) is 0 Å². The summed E-state index contributed by atoms with van der Waals surface area (Å²) in [5.41, 5.74) is 4.09. The standard InChI is InChI=1S/C19H23BP/c1-2-15-21(20)18(16-9-5-3-6-10-16)13-14-19(21)17-11-7-4-8-12-17/h3-12,18-19H,2,13-15H2,1H3/q+1/t18-,19?,21?/m1/s1. The Morgan fingerprint density at radius 3 is 1.67 bits per heavy atom. The lowest BCUT2D eigenvalue weighted by Crippen LogP contribution is -2.09. The van der Waals surface area contributed by atoms with Gasteiger partial charge in [-0.3, -0.25) is 0 Å². The predicted molar refractivity (Wildman–Crippen MR) is 95.4 cm³/mol. The fraction of sp³-hybridized carbons (Fsp3) is 0.368. The molecule has 0 nitrogen and oxygen atoms in total. The fourth-order valence-electron chi connectivity index (χ4n) is 3.95. The van der Waals surface area contributed by atoms with E-state index in [1.807, 2.05) is 0 Å². The van der Waals surface area contributed by atoms with Crippen LogP contribution in [-0.4, -0.2) is 13.7 Å². The van der Waals surface area contributed by atoms with Crippen LogP contribution >= 0.6 is 7.14 Å². The molecule has 0 amide bonds. The molecule has 2 aromatic rings. The summed E-state index contributed by atoms with van der Waals surface area (Å²) in [4.78, 5) is 0. The van der Waals surface area contributed by atoms with E-state index in [4.69, 9.17) is 7.57 Å². The molecule has 2 heteroatoms. The highest BCUT2D eigenvalue weighted by atomic mass is 31.2. The molecule has 1 heterocycles. The lowest BCUT2D eigenvalue weighted by molar-refractivity contribution is 0.765. The van der Waals surface area contributed by atoms with Gasteiger partial charge >= 0.3 is 7.57 Å². The lowest BCUT2D eigenvalue weighted by Gasteiger charge is -2.31. The summed E-state index contributed by atoms with van der Waals surface area (Å²) < 4.78 is 0. The maximum absolute atomic E-state index is 7.13. The minimum Gasteiger partial charge on any atom is -0.0622 e. The molecular weight excluding hydrogens is 270 g/mol. The average molecular weight is 293 g/mol. The summed E-state index contributed by atoms with van der Waals surface area (Å²) in [5, 5.41) is 0. The maximum atomic E-state index is 7.13. The van der Waals surface area contributed by atoms with Crippen LogP contribution in [-0.2, 0) is 0 Å². The van der Waals surface area contributed by atoms with Gasteiger partial charge in [0.1, 0.15) is 0 Å². The van der Waals surface area contributed by atoms with Crippen LogP contribution in [0.5, 0.6) is 0 Å². The van der Waals surface area contributed by atoms with Crippen LogP contribution in [0.15, 0.2) is 60.7 Å². The molecule has 1 aliphatic rings. The van der Waals surface area contributed by atoms with Gasteiger partial charge in [-0.2, -0.15) is 0 Å². The SMILES string of the molecule is [B][P+]1(CCC)C(c2ccccc2)CC[C@@H]1c1ccccc1. The van der Waals surface area contributed by atoms with E-state index in [2.05, 4.69) is 67.6 Å². The van der Waals surface area contributed by atoms with Crippen molar-refractivity contribution in [3.8, 4) is 0 Å². The third-order valence-electron chi connectivity index (χ3n) is 4.85. The van der Waals surface area contributed by atoms with E-state index in [-0.39, 0.29) is 0 Å². The molecule has 21 heavy (non-hydrogen) atoms. The molecular formula is C19H23BP+. The molecule has 1 fully saturated rings. The molecule has 1 saturated heterocycles. The fourth-order valence-corrected chi connectivity index (χ4v) is 8.50. The largest absolute Gasteiger partial charge is 0.366 e. The molecule has 2 unspecified atom stereocenters. The van der Waals surface area contributed by atoms with Gasteiger partial charge in [-0.25, -0.2) is 0 Å². The molecule has 0 aliphatic carbocycles. The third kappa shape index (κ3) is 2.81. The van der Waals surface area contributed by atoms with Crippen molar-refractivity contribution in [2.75, 3.05) is 6.16 Å². The number of hydrogen-bond donors (Lipinski definition) is 0. The molecule has 1 aliphatic heterocycles. The Hall–Kier alpha value is -1.07. The first-order valence-electron chi connectivity index (χ1n) is 8.01. The van der Waals surface area contributed by atoms with Crippen LogP contribution in [0.3, 0.4) is 0 Å². The Balaban J connectivity index is 1.97. The third-order valence-corrected chi connectivity index (χ3v) is 9.51. The van der Waals surface area contributed by atoms with Crippen molar-refractivity contribution in [1.82, 2.24) is 0 Å². The van der Waals surface area contributed by atoms with Crippen LogP contribution < -0.4 is 0 Å². The number of hydrogen-bond acceptors (Lipinski definition) is 0. The van der Waals surface area contributed by atoms with Gasteiger partial charge in [0.25, 0.3) is 0 Å². The summed E-state index contributed by atoms with van der Waals surface area (Å²) in [7, 11) is 5.65. The van der Waals surface area contributed by atoms with E-state index in [0.29, 0.717) is 11.3 Å². The molecule has 0 bridgehead atoms. The summed E-state index contributed by atoms with van der Waals surface area (Å²) in [6.07, 6.45) is 4.88. The zero-order valence-corrected chi connectivity index (χ0v) is 13.7. The monoisotopic (exact) mass is 293 g/mol. The van der Waals surface area contributed by atoms with E-state index in [1.54, 1.807) is 0 Å². The Morgan fingerprint density at radius 2 is 1.29 bits per heavy atom. The average Bonchev–Trinajstić information content (AvgIpc) is 2.86. The van der Waals surface area contributed by atoms with E-state index < -0.39 is 7.14 Å². The quantitative estimate of drug-likeness (QED) is 0.495. The Morgan fingerprint density at radius 1 is 0.857 bits per heavy atom. The molecule has 0 saturated carbocycles. The highest BCUT2D eigenvalue weighted by Gasteiger charge is 2.53. The first kappa shape index (κ1) is 14.9. The highest BCUT2D eigenvalue weighted by Crippen LogP contribution is 2.81. The molecule has 0 spiro atoms. The first-order chi connectivity index (χ1) is 10.3. The van der Waals surface area contributed by atoms with Gasteiger partial charge in [0.2, 0.25) is 0 Å². The zero-order valence-electron chi connectivity index (χ0n) is 12.8. The van der Waals surface area contributed by atoms with E-state index in [1.165, 1.54) is 36.6 Å². The maximum Gasteiger partial charge on any atom is 0.366 e. The van der Waals surface area contributed by atoms with Gasteiger partial charge in [-0.1, -0.05) is 67.6 Å². The second kappa shape index (κ2) is 6.36. The molecule has 3 atom stereocenters. The van der Waals surface area contributed by atoms with Crippen molar-refractivity contribution < 1.29 is 0 Å². The van der Waals surface area contributed by atoms with Crippen molar-refractivity contribution in [3.05, 3.63) is 71.8 Å². The van der Waals surface area contributed by atoms with Gasteiger partial charge in [-0.05, 0) is 37.5 Å². The molecule has 2 radical (unpaired) electrons. The molecule has 0 N–H and O–H groups in total. The Bertz CT molecular complexity index is 519. The minimum atomic E-state index is -1.48. The van der Waals surface area contributed by atoms with Crippen LogP contribution in [0, 0.1) is 0 Å². The van der Waals surface area contributed by atoms with Crippen LogP contribution in [0.25, 0.3) is 0 Å². The van der Waals surface area contributed by atoms with Gasteiger partial charge in [0.05, 0.1) is 11.3 Å². The van der Waals surface area contributed by atoms with Crippen LogP contribution in [0.2, 0.25) is 0 Å². The highest BCUT2D eigenvalue weighted by molar-refractivity contribution is 7.98. The second-order valence-corrected chi connectivity index (χ2v) is 9.83. The zero-order chi connectivity index (χ0) is 14.7. The van der Waals surface area contributed by atoms with Crippen molar-refractivity contribution in [2.24, 2.45) is 0 Å². The Labute approximate surface area is 130 Å². The topological polar surface area (TPSA) is 0 Å². The molecule has 3 rings (SSSR count). The molecule has 0 aromatic heterocycles. The predicted octanol–water partition coefficient (Wildman–Crippen LogP) is 5.77. The summed E-state index contributed by atoms with van der Waals surface area (Å²) in [5.74, 6) is 0. The van der Waals surface area contributed by atoms with Crippen molar-refractivity contribution in [1.29, 1.82) is 0 Å². The van der Waals surface area contributed by atoms with Crippen molar-refractivity contribution in [2.45, 2.75) is 37.5 Å². The van der Waals surface area contributed by atoms with Gasteiger partial charge in [-0.15, -0.1) is 0 Å². The van der Waals surface area contributed by atoms with Crippen molar-refractivity contribution in [3.63, 3.8) is 0 Å². The first-order valence-corrected chi connectivity index (χ1v) is 10.2. The second-order valence-electron chi connectivity index (χ2n) is 6.15. The number of benzene rings is 2. The van der Waals surface area contributed by atoms with E-state index in [0.717, 1.165) is 0 Å².